The van der Waals surface area contributed by atoms with Gasteiger partial charge in [-0.05, 0) is 12.8 Å². The number of rotatable bonds is 11. The summed E-state index contributed by atoms with van der Waals surface area (Å²) in [5, 5.41) is 66.1. The molecular weight excluding hydrogens is 556 g/mol. The normalized spacial score (nSPS) is 29.6. The molecule has 0 saturated carbocycles. The molecule has 0 unspecified atom stereocenters. The number of aromatic nitrogens is 8. The lowest BCUT2D eigenvalue weighted by Gasteiger charge is -2.16. The van der Waals surface area contributed by atoms with Crippen LogP contribution < -0.4 is 10.6 Å². The van der Waals surface area contributed by atoms with Crippen LogP contribution in [0.1, 0.15) is 25.3 Å². The Balaban J connectivity index is 1.03. The second-order valence-electron chi connectivity index (χ2n) is 10.1. The van der Waals surface area contributed by atoms with Gasteiger partial charge in [0.1, 0.15) is 49.3 Å². The number of hydrogen-bond donors (Lipinski definition) is 8. The van der Waals surface area contributed by atoms with Gasteiger partial charge in [0.2, 0.25) is 0 Å². The molecule has 8 N–H and O–H groups in total. The smallest absolute Gasteiger partial charge is 0.167 e. The lowest BCUT2D eigenvalue weighted by molar-refractivity contribution is -0.0511. The molecule has 0 aliphatic carbocycles. The van der Waals surface area contributed by atoms with Crippen LogP contribution in [-0.2, 0) is 9.47 Å². The summed E-state index contributed by atoms with van der Waals surface area (Å²) in [4.78, 5) is 25.8. The lowest BCUT2D eigenvalue weighted by Crippen LogP contribution is -2.33. The van der Waals surface area contributed by atoms with E-state index in [9.17, 15) is 30.6 Å². The van der Waals surface area contributed by atoms with E-state index in [0.717, 1.165) is 12.8 Å². The molecule has 42 heavy (non-hydrogen) atoms. The Labute approximate surface area is 237 Å². The first-order valence-corrected chi connectivity index (χ1v) is 13.5. The molecular formula is C24H32N10O8. The molecule has 2 saturated heterocycles. The van der Waals surface area contributed by atoms with Crippen LogP contribution in [0.3, 0.4) is 0 Å². The SMILES string of the molecule is OC[C@H]1O[C@@H](n2cnc3c(NCCCCNc4ncnc5c4ncn5[C@@H]4O[C@H](CO)[C@@H](O)[C@H]4O)ncnc32)[C@H](O)[C@@H]1O. The molecule has 0 bridgehead atoms. The summed E-state index contributed by atoms with van der Waals surface area (Å²) in [7, 11) is 0. The quantitative estimate of drug-likeness (QED) is 0.0842. The predicted molar refractivity (Wildman–Crippen MR) is 143 cm³/mol. The van der Waals surface area contributed by atoms with Crippen molar-refractivity contribution in [2.45, 2.75) is 61.9 Å². The van der Waals surface area contributed by atoms with Gasteiger partial charge in [-0.3, -0.25) is 9.13 Å². The number of aliphatic hydroxyl groups excluding tert-OH is 6. The minimum atomic E-state index is -1.25. The average molecular weight is 589 g/mol. The van der Waals surface area contributed by atoms with Crippen LogP contribution in [-0.4, -0.2) is 133 Å². The topological polar surface area (TPSA) is 251 Å². The Kier molecular flexibility index (Phi) is 8.10. The summed E-state index contributed by atoms with van der Waals surface area (Å²) in [5.41, 5.74) is 1.77. The number of aliphatic hydroxyl groups is 6. The fourth-order valence-electron chi connectivity index (χ4n) is 5.22. The zero-order valence-electron chi connectivity index (χ0n) is 22.2. The molecule has 8 atom stereocenters. The van der Waals surface area contributed by atoms with Gasteiger partial charge >= 0.3 is 0 Å². The van der Waals surface area contributed by atoms with Crippen LogP contribution in [0.4, 0.5) is 11.6 Å². The maximum Gasteiger partial charge on any atom is 0.167 e. The summed E-state index contributed by atoms with van der Waals surface area (Å²) in [6, 6.07) is 0. The second kappa shape index (κ2) is 11.9. The molecule has 2 fully saturated rings. The van der Waals surface area contributed by atoms with Gasteiger partial charge in [0.05, 0.1) is 25.9 Å². The molecule has 0 spiro atoms. The number of anilines is 2. The van der Waals surface area contributed by atoms with Crippen molar-refractivity contribution in [3.63, 3.8) is 0 Å². The van der Waals surface area contributed by atoms with Crippen LogP contribution in [0, 0.1) is 0 Å². The average Bonchev–Trinajstić information content (AvgIpc) is 3.76. The van der Waals surface area contributed by atoms with Gasteiger partial charge in [0, 0.05) is 13.1 Å². The molecule has 18 heteroatoms. The second-order valence-corrected chi connectivity index (χ2v) is 10.1. The fourth-order valence-corrected chi connectivity index (χ4v) is 5.22. The van der Waals surface area contributed by atoms with Crippen molar-refractivity contribution in [1.29, 1.82) is 0 Å². The van der Waals surface area contributed by atoms with Crippen molar-refractivity contribution in [1.82, 2.24) is 39.0 Å². The summed E-state index contributed by atoms with van der Waals surface area (Å²) in [6.07, 6.45) is -1.53. The molecule has 18 nitrogen and oxygen atoms in total. The zero-order valence-corrected chi connectivity index (χ0v) is 22.2. The molecule has 0 aromatic carbocycles. The Morgan fingerprint density at radius 3 is 1.43 bits per heavy atom. The standard InChI is InChI=1S/C24H32N10O8/c35-5-11-15(37)17(39)23(41-11)33-9-31-13-19(27-7-29-21(13)33)25-3-1-2-4-26-20-14-22(30-8-28-20)34(10-32-14)24-18(40)16(38)12(6-36)42-24/h7-12,15-18,23-24,35-40H,1-6H2,(H,25,27,29)(H,26,28,30)/t11-,12-,15-,16-,17-,18-,23-,24-/m1/s1. The monoisotopic (exact) mass is 588 g/mol. The van der Waals surface area contributed by atoms with Crippen LogP contribution in [0.2, 0.25) is 0 Å². The lowest BCUT2D eigenvalue weighted by atomic mass is 10.1. The molecule has 6 rings (SSSR count). The summed E-state index contributed by atoms with van der Waals surface area (Å²) >= 11 is 0. The van der Waals surface area contributed by atoms with E-state index in [-0.39, 0.29) is 0 Å². The molecule has 6 heterocycles. The molecule has 4 aromatic heterocycles. The van der Waals surface area contributed by atoms with Crippen molar-refractivity contribution < 1.29 is 40.1 Å². The van der Waals surface area contributed by atoms with Crippen molar-refractivity contribution in [3.8, 4) is 0 Å². The van der Waals surface area contributed by atoms with Crippen LogP contribution in [0.5, 0.6) is 0 Å². The summed E-state index contributed by atoms with van der Waals surface area (Å²) < 4.78 is 14.2. The fraction of sp³-hybridized carbons (Fsp3) is 0.583. The molecule has 226 valence electrons. The van der Waals surface area contributed by atoms with Crippen LogP contribution in [0.25, 0.3) is 22.3 Å². The Bertz CT molecular complexity index is 1410. The minimum Gasteiger partial charge on any atom is -0.394 e. The highest BCUT2D eigenvalue weighted by Crippen LogP contribution is 2.33. The van der Waals surface area contributed by atoms with E-state index in [1.165, 1.54) is 34.4 Å². The highest BCUT2D eigenvalue weighted by Gasteiger charge is 2.45. The Morgan fingerprint density at radius 1 is 0.619 bits per heavy atom. The van der Waals surface area contributed by atoms with E-state index in [1.54, 1.807) is 0 Å². The third-order valence-corrected chi connectivity index (χ3v) is 7.49. The van der Waals surface area contributed by atoms with E-state index in [0.29, 0.717) is 47.1 Å². The van der Waals surface area contributed by atoms with Gasteiger partial charge in [0.15, 0.2) is 46.4 Å². The molecule has 0 radical (unpaired) electrons. The largest absolute Gasteiger partial charge is 0.394 e. The maximum absolute atomic E-state index is 10.4. The van der Waals surface area contributed by atoms with Gasteiger partial charge in [-0.2, -0.15) is 0 Å². The minimum absolute atomic E-state index is 0.410. The maximum atomic E-state index is 10.4. The predicted octanol–water partition coefficient (Wildman–Crippen LogP) is -2.51. The molecule has 0 amide bonds. The van der Waals surface area contributed by atoms with Crippen molar-refractivity contribution in [3.05, 3.63) is 25.3 Å². The zero-order chi connectivity index (χ0) is 29.4. The van der Waals surface area contributed by atoms with E-state index in [4.69, 9.17) is 9.47 Å². The first kappa shape index (κ1) is 28.5. The third kappa shape index (κ3) is 5.01. The number of nitrogens with zero attached hydrogens (tertiary/aromatic N) is 8. The highest BCUT2D eigenvalue weighted by molar-refractivity contribution is 5.83. The summed E-state index contributed by atoms with van der Waals surface area (Å²) in [5.74, 6) is 1.01. The first-order chi connectivity index (χ1) is 20.4. The summed E-state index contributed by atoms with van der Waals surface area (Å²) in [6.45, 7) is 0.292. The van der Waals surface area contributed by atoms with Crippen molar-refractivity contribution >= 4 is 34.0 Å². The molecule has 2 aliphatic heterocycles. The van der Waals surface area contributed by atoms with Crippen LogP contribution >= 0.6 is 0 Å². The van der Waals surface area contributed by atoms with Gasteiger partial charge in [0.25, 0.3) is 0 Å². The van der Waals surface area contributed by atoms with Gasteiger partial charge in [-0.1, -0.05) is 0 Å². The number of imidazole rings is 2. The Hall–Kier alpha value is -3.62. The van der Waals surface area contributed by atoms with E-state index in [1.807, 2.05) is 0 Å². The number of nitrogens with one attached hydrogen (secondary N) is 2. The van der Waals surface area contributed by atoms with E-state index < -0.39 is 62.3 Å². The number of fused-ring (bicyclic) bond motifs is 2. The van der Waals surface area contributed by atoms with Gasteiger partial charge < -0.3 is 50.7 Å². The number of hydrogen-bond acceptors (Lipinski definition) is 16. The third-order valence-electron chi connectivity index (χ3n) is 7.49. The number of unbranched alkanes of at least 4 members (excludes halogenated alkanes) is 1. The van der Waals surface area contributed by atoms with E-state index >= 15 is 0 Å². The highest BCUT2D eigenvalue weighted by atomic mass is 16.6. The van der Waals surface area contributed by atoms with E-state index in [2.05, 4.69) is 40.5 Å². The number of ether oxygens (including phenoxy) is 2. The Morgan fingerprint density at radius 2 is 1.05 bits per heavy atom. The van der Waals surface area contributed by atoms with Gasteiger partial charge in [-0.25, -0.2) is 29.9 Å². The molecule has 2 aliphatic rings. The van der Waals surface area contributed by atoms with Gasteiger partial charge in [-0.15, -0.1) is 0 Å². The first-order valence-electron chi connectivity index (χ1n) is 13.5. The molecule has 4 aromatic rings. The van der Waals surface area contributed by atoms with Crippen molar-refractivity contribution in [2.75, 3.05) is 36.9 Å². The van der Waals surface area contributed by atoms with Crippen molar-refractivity contribution in [2.24, 2.45) is 0 Å². The van der Waals surface area contributed by atoms with Crippen LogP contribution in [0.15, 0.2) is 25.3 Å².